The van der Waals surface area contributed by atoms with Crippen LogP contribution >= 0.6 is 28.1 Å². The largest absolute Gasteiger partial charge is 0.410 e. The molecule has 0 atom stereocenters. The van der Waals surface area contributed by atoms with E-state index in [0.717, 1.165) is 25.7 Å². The molecule has 0 unspecified atom stereocenters. The third-order valence-corrected chi connectivity index (χ3v) is 5.43. The van der Waals surface area contributed by atoms with Crippen LogP contribution in [-0.4, -0.2) is 46.9 Å². The van der Waals surface area contributed by atoms with Gasteiger partial charge < -0.3 is 10.9 Å². The minimum atomic E-state index is -0.451. The lowest BCUT2D eigenvalue weighted by Crippen LogP contribution is -2.40. The molecule has 2 rings (SSSR count). The van der Waals surface area contributed by atoms with Gasteiger partial charge in [-0.3, -0.25) is 20.4 Å². The first-order valence-corrected chi connectivity index (χ1v) is 10.2. The van der Waals surface area contributed by atoms with Crippen LogP contribution in [0, 0.1) is 5.82 Å². The Morgan fingerprint density at radius 2 is 2.04 bits per heavy atom. The maximum absolute atomic E-state index is 13.4. The number of benzene rings is 1. The van der Waals surface area contributed by atoms with Crippen molar-refractivity contribution in [2.24, 2.45) is 20.9 Å². The van der Waals surface area contributed by atoms with Crippen LogP contribution in [0.5, 0.6) is 0 Å². The fourth-order valence-electron chi connectivity index (χ4n) is 2.76. The number of amidine groups is 2. The zero-order chi connectivity index (χ0) is 20.5. The highest BCUT2D eigenvalue weighted by molar-refractivity contribution is 9.10. The van der Waals surface area contributed by atoms with Gasteiger partial charge >= 0.3 is 0 Å². The number of nitrogens with two attached hydrogens (primary N) is 1. The first-order valence-electron chi connectivity index (χ1n) is 8.56. The molecule has 7 N–H and O–H groups in total. The van der Waals surface area contributed by atoms with E-state index in [4.69, 9.17) is 5.73 Å². The zero-order valence-electron chi connectivity index (χ0n) is 15.2. The molecule has 1 aromatic rings. The molecule has 12 heteroatoms. The number of nitrogens with zero attached hydrogens (tertiary/aromatic N) is 3. The molecule has 1 saturated carbocycles. The average molecular weight is 476 g/mol. The Labute approximate surface area is 175 Å². The van der Waals surface area contributed by atoms with Gasteiger partial charge in [-0.15, -0.1) is 0 Å². The number of hydroxylamine groups is 1. The smallest absolute Gasteiger partial charge is 0.188 e. The van der Waals surface area contributed by atoms with Gasteiger partial charge in [0.15, 0.2) is 17.4 Å². The monoisotopic (exact) mass is 475 g/mol. The summed E-state index contributed by atoms with van der Waals surface area (Å²) in [6.45, 7) is 0. The highest BCUT2D eigenvalue weighted by Crippen LogP contribution is 2.23. The number of rotatable bonds is 7. The van der Waals surface area contributed by atoms with Gasteiger partial charge in [-0.25, -0.2) is 14.1 Å². The summed E-state index contributed by atoms with van der Waals surface area (Å²) in [4.78, 5) is 8.51. The van der Waals surface area contributed by atoms with E-state index in [0.29, 0.717) is 11.7 Å². The van der Waals surface area contributed by atoms with E-state index < -0.39 is 5.82 Å². The van der Waals surface area contributed by atoms with Gasteiger partial charge in [0.25, 0.3) is 0 Å². The molecular weight excluding hydrogens is 453 g/mol. The van der Waals surface area contributed by atoms with Crippen LogP contribution in [0.2, 0.25) is 0 Å². The van der Waals surface area contributed by atoms with E-state index in [1.54, 1.807) is 0 Å². The van der Waals surface area contributed by atoms with Crippen molar-refractivity contribution in [1.82, 2.24) is 14.9 Å². The van der Waals surface area contributed by atoms with Gasteiger partial charge in [0.2, 0.25) is 0 Å². The van der Waals surface area contributed by atoms with Crippen molar-refractivity contribution in [3.63, 3.8) is 0 Å². The van der Waals surface area contributed by atoms with E-state index in [1.807, 2.05) is 12.5 Å². The van der Waals surface area contributed by atoms with Crippen LogP contribution in [0.3, 0.4) is 0 Å². The lowest BCUT2D eigenvalue weighted by atomic mass is 9.92. The van der Waals surface area contributed by atoms with E-state index in [2.05, 4.69) is 40.5 Å². The molecule has 0 radical (unpaired) electrons. The molecule has 1 aliphatic carbocycles. The third-order valence-electron chi connectivity index (χ3n) is 4.16. The first kappa shape index (κ1) is 22.6. The predicted molar refractivity (Wildman–Crippen MR) is 113 cm³/mol. The lowest BCUT2D eigenvalue weighted by Gasteiger charge is -2.26. The van der Waals surface area contributed by atoms with E-state index in [1.165, 1.54) is 30.3 Å². The molecule has 0 saturated heterocycles. The summed E-state index contributed by atoms with van der Waals surface area (Å²) < 4.78 is 19.8. The number of aliphatic imine (C=N–C) groups is 2. The van der Waals surface area contributed by atoms with Crippen molar-refractivity contribution < 1.29 is 14.8 Å². The third kappa shape index (κ3) is 6.41. The summed E-state index contributed by atoms with van der Waals surface area (Å²) in [6, 6.07) is 4.40. The SMILES string of the molecule is CNSNC1CCC(N=C(N)/C(=N\O)C(=Nc2ccc(F)c(Br)c2)NO)CC1. The van der Waals surface area contributed by atoms with Crippen LogP contribution in [0.25, 0.3) is 0 Å². The minimum absolute atomic E-state index is 0.0192. The Kier molecular flexibility index (Phi) is 9.12. The van der Waals surface area contributed by atoms with Crippen molar-refractivity contribution in [1.29, 1.82) is 0 Å². The van der Waals surface area contributed by atoms with Gasteiger partial charge in [-0.05, 0) is 66.9 Å². The fourth-order valence-corrected chi connectivity index (χ4v) is 3.64. The van der Waals surface area contributed by atoms with Crippen molar-refractivity contribution in [2.75, 3.05) is 7.05 Å². The lowest BCUT2D eigenvalue weighted by molar-refractivity contribution is 0.236. The second-order valence-corrected chi connectivity index (χ2v) is 7.77. The van der Waals surface area contributed by atoms with Crippen LogP contribution in [-0.2, 0) is 0 Å². The van der Waals surface area contributed by atoms with Crippen LogP contribution in [0.15, 0.2) is 37.8 Å². The van der Waals surface area contributed by atoms with Crippen LogP contribution < -0.4 is 20.7 Å². The van der Waals surface area contributed by atoms with E-state index in [-0.39, 0.29) is 27.9 Å². The number of nitrogens with one attached hydrogen (secondary N) is 3. The molecule has 0 amide bonds. The highest BCUT2D eigenvalue weighted by atomic mass is 79.9. The summed E-state index contributed by atoms with van der Waals surface area (Å²) in [6.07, 6.45) is 3.52. The summed E-state index contributed by atoms with van der Waals surface area (Å²) in [5, 5.41) is 21.9. The molecule has 0 heterocycles. The molecule has 0 spiro atoms. The molecule has 1 fully saturated rings. The van der Waals surface area contributed by atoms with Gasteiger partial charge in [0.05, 0.1) is 16.2 Å². The van der Waals surface area contributed by atoms with Crippen molar-refractivity contribution in [3.8, 4) is 0 Å². The standard InChI is InChI=1S/C16H23BrFN7O2S/c1-20-28-25-10-4-2-9(3-5-10)21-15(19)14(23-26)16(24-27)22-11-6-7-13(18)12(17)8-11/h6-10,20,25-27H,2-5H2,1H3,(H2,19,21)(H,22,24)/b23-14+. The van der Waals surface area contributed by atoms with Crippen molar-refractivity contribution in [3.05, 3.63) is 28.5 Å². The molecule has 1 aliphatic rings. The van der Waals surface area contributed by atoms with Crippen molar-refractivity contribution in [2.45, 2.75) is 37.8 Å². The Hall–Kier alpha value is -1.73. The van der Waals surface area contributed by atoms with Gasteiger partial charge in [0, 0.05) is 18.2 Å². The second kappa shape index (κ2) is 11.3. The second-order valence-electron chi connectivity index (χ2n) is 6.06. The zero-order valence-corrected chi connectivity index (χ0v) is 17.6. The molecule has 0 aromatic heterocycles. The number of hydrogen-bond acceptors (Lipinski definition) is 8. The van der Waals surface area contributed by atoms with Gasteiger partial charge in [-0.1, -0.05) is 5.16 Å². The highest BCUT2D eigenvalue weighted by Gasteiger charge is 2.22. The molecule has 1 aromatic carbocycles. The summed E-state index contributed by atoms with van der Waals surface area (Å²) >= 11 is 4.52. The molecular formula is C16H23BrFN7O2S. The Balaban J connectivity index is 2.10. The minimum Gasteiger partial charge on any atom is -0.410 e. The Morgan fingerprint density at radius 1 is 1.32 bits per heavy atom. The topological polar surface area (TPSA) is 140 Å². The van der Waals surface area contributed by atoms with Gasteiger partial charge in [0.1, 0.15) is 5.82 Å². The number of hydrogen-bond donors (Lipinski definition) is 6. The fraction of sp³-hybridized carbons (Fsp3) is 0.438. The van der Waals surface area contributed by atoms with Crippen molar-refractivity contribution >= 4 is 51.1 Å². The van der Waals surface area contributed by atoms with Crippen LogP contribution in [0.4, 0.5) is 10.1 Å². The first-order chi connectivity index (χ1) is 13.5. The molecule has 28 heavy (non-hydrogen) atoms. The van der Waals surface area contributed by atoms with Crippen LogP contribution in [0.1, 0.15) is 25.7 Å². The molecule has 154 valence electrons. The molecule has 0 bridgehead atoms. The molecule has 9 nitrogen and oxygen atoms in total. The maximum atomic E-state index is 13.4. The summed E-state index contributed by atoms with van der Waals surface area (Å²) in [7, 11) is 1.85. The Morgan fingerprint density at radius 3 is 2.61 bits per heavy atom. The number of halogens is 2. The predicted octanol–water partition coefficient (Wildman–Crippen LogP) is 2.47. The van der Waals surface area contributed by atoms with Gasteiger partial charge in [-0.2, -0.15) is 0 Å². The van der Waals surface area contributed by atoms with E-state index in [9.17, 15) is 14.8 Å². The Bertz CT molecular complexity index is 755. The average Bonchev–Trinajstić information content (AvgIpc) is 2.70. The van der Waals surface area contributed by atoms with E-state index >= 15 is 0 Å². The summed E-state index contributed by atoms with van der Waals surface area (Å²) in [5.41, 5.74) is 7.95. The normalized spacial score (nSPS) is 21.6. The number of oxime groups is 1. The quantitative estimate of drug-likeness (QED) is 0.117. The maximum Gasteiger partial charge on any atom is 0.188 e. The summed E-state index contributed by atoms with van der Waals surface area (Å²) in [5.74, 6) is -0.708. The molecule has 0 aliphatic heterocycles.